The molecule has 1 aromatic heterocycles. The highest BCUT2D eigenvalue weighted by Gasteiger charge is 2.48. The summed E-state index contributed by atoms with van der Waals surface area (Å²) in [6, 6.07) is 10.5. The predicted octanol–water partition coefficient (Wildman–Crippen LogP) is 4.95. The summed E-state index contributed by atoms with van der Waals surface area (Å²) in [6.45, 7) is 7.07. The summed E-state index contributed by atoms with van der Waals surface area (Å²) in [7, 11) is 0. The molecule has 1 amide bonds. The fourth-order valence-corrected chi connectivity index (χ4v) is 5.13. The number of nitrogens with zero attached hydrogens (tertiary/aromatic N) is 3. The molecule has 0 radical (unpaired) electrons. The van der Waals surface area contributed by atoms with Gasteiger partial charge in [0.15, 0.2) is 5.13 Å². The number of aromatic nitrogens is 1. The molecule has 0 bridgehead atoms. The molecule has 0 saturated carbocycles. The summed E-state index contributed by atoms with van der Waals surface area (Å²) in [5.74, 6) is -2.57. The monoisotopic (exact) mass is 551 g/mol. The number of aliphatic hydroxyl groups is 1. The third-order valence-electron chi connectivity index (χ3n) is 5.79. The highest BCUT2D eigenvalue weighted by Crippen LogP contribution is 2.44. The number of hydrogen-bond acceptors (Lipinski definition) is 10. The van der Waals surface area contributed by atoms with E-state index in [1.54, 1.807) is 26.0 Å². The standard InChI is InChI=1S/C27H25N3O8S/c1-5-37-26(34)24-15(4)28-27(39-24)29-21(17-7-6-8-18(13-17)30(35)36)20(23(32)25(29)33)22(31)16-9-11-19(12-10-16)38-14(2)3/h6-14,21,31H,5H2,1-4H3/b22-20+. The van der Waals surface area contributed by atoms with Crippen molar-refractivity contribution >= 4 is 45.6 Å². The summed E-state index contributed by atoms with van der Waals surface area (Å²) >= 11 is 0.849. The Morgan fingerprint density at radius 3 is 2.51 bits per heavy atom. The lowest BCUT2D eigenvalue weighted by Crippen LogP contribution is -2.29. The second-order valence-corrected chi connectivity index (χ2v) is 9.82. The first kappa shape index (κ1) is 27.5. The van der Waals surface area contributed by atoms with Crippen LogP contribution in [0.25, 0.3) is 5.76 Å². The molecule has 12 heteroatoms. The number of nitro groups is 1. The van der Waals surface area contributed by atoms with E-state index in [1.807, 2.05) is 13.8 Å². The molecule has 202 valence electrons. The van der Waals surface area contributed by atoms with Crippen LogP contribution in [0.15, 0.2) is 54.1 Å². The SMILES string of the molecule is CCOC(=O)c1sc(N2C(=O)C(=O)/C(=C(/O)c3ccc(OC(C)C)cc3)C2c2cccc([N+](=O)[O-])c2)nc1C. The Labute approximate surface area is 227 Å². The van der Waals surface area contributed by atoms with Gasteiger partial charge in [-0.25, -0.2) is 9.78 Å². The molecule has 3 aromatic rings. The third kappa shape index (κ3) is 5.36. The summed E-state index contributed by atoms with van der Waals surface area (Å²) < 4.78 is 10.7. The first-order chi connectivity index (χ1) is 18.5. The van der Waals surface area contributed by atoms with Crippen LogP contribution in [-0.4, -0.2) is 45.4 Å². The average molecular weight is 552 g/mol. The first-order valence-corrected chi connectivity index (χ1v) is 12.8. The normalized spacial score (nSPS) is 16.5. The maximum Gasteiger partial charge on any atom is 0.350 e. The van der Waals surface area contributed by atoms with E-state index in [4.69, 9.17) is 9.47 Å². The number of aryl methyl sites for hydroxylation is 1. The molecular formula is C27H25N3O8S. The maximum absolute atomic E-state index is 13.4. The van der Waals surface area contributed by atoms with Crippen molar-refractivity contribution in [2.75, 3.05) is 11.5 Å². The number of Topliss-reactive ketones (excluding diaryl/α,β-unsaturated/α-hetero) is 1. The van der Waals surface area contributed by atoms with Crippen molar-refractivity contribution in [2.24, 2.45) is 0 Å². The zero-order valence-corrected chi connectivity index (χ0v) is 22.4. The highest BCUT2D eigenvalue weighted by atomic mass is 32.1. The maximum atomic E-state index is 13.4. The number of carbonyl (C=O) groups excluding carboxylic acids is 3. The lowest BCUT2D eigenvalue weighted by atomic mass is 9.95. The number of benzene rings is 2. The van der Waals surface area contributed by atoms with Crippen LogP contribution in [0.2, 0.25) is 0 Å². The Kier molecular flexibility index (Phi) is 7.77. The van der Waals surface area contributed by atoms with Crippen molar-refractivity contribution in [3.8, 4) is 5.75 Å². The van der Waals surface area contributed by atoms with Crippen molar-refractivity contribution in [2.45, 2.75) is 39.8 Å². The van der Waals surface area contributed by atoms with Gasteiger partial charge >= 0.3 is 11.9 Å². The van der Waals surface area contributed by atoms with E-state index >= 15 is 0 Å². The van der Waals surface area contributed by atoms with Crippen LogP contribution < -0.4 is 9.64 Å². The Bertz CT molecular complexity index is 1490. The fourth-order valence-electron chi connectivity index (χ4n) is 4.14. The molecule has 0 spiro atoms. The summed E-state index contributed by atoms with van der Waals surface area (Å²) in [4.78, 5) is 55.6. The number of ketones is 1. The average Bonchev–Trinajstić information content (AvgIpc) is 3.40. The van der Waals surface area contributed by atoms with Gasteiger partial charge in [-0.05, 0) is 57.5 Å². The molecule has 1 fully saturated rings. The van der Waals surface area contributed by atoms with Crippen molar-refractivity contribution in [3.63, 3.8) is 0 Å². The van der Waals surface area contributed by atoms with E-state index in [9.17, 15) is 29.6 Å². The molecule has 1 N–H and O–H groups in total. The van der Waals surface area contributed by atoms with Crippen molar-refractivity contribution in [1.82, 2.24) is 4.98 Å². The largest absolute Gasteiger partial charge is 0.507 e. The second-order valence-electron chi connectivity index (χ2n) is 8.84. The lowest BCUT2D eigenvalue weighted by molar-refractivity contribution is -0.384. The highest BCUT2D eigenvalue weighted by molar-refractivity contribution is 7.17. The number of esters is 1. The Morgan fingerprint density at radius 1 is 1.21 bits per heavy atom. The molecule has 1 aliphatic rings. The van der Waals surface area contributed by atoms with Gasteiger partial charge in [-0.15, -0.1) is 0 Å². The molecule has 0 aliphatic carbocycles. The number of anilines is 1. The molecule has 4 rings (SSSR count). The predicted molar refractivity (Wildman–Crippen MR) is 143 cm³/mol. The van der Waals surface area contributed by atoms with Crippen LogP contribution in [0, 0.1) is 17.0 Å². The van der Waals surface area contributed by atoms with Gasteiger partial charge in [-0.2, -0.15) is 0 Å². The number of rotatable bonds is 8. The molecule has 1 unspecified atom stereocenters. The van der Waals surface area contributed by atoms with Gasteiger partial charge in [0.05, 0.1) is 34.9 Å². The summed E-state index contributed by atoms with van der Waals surface area (Å²) in [6.07, 6.45) is -0.0788. The number of thiazole rings is 1. The topological polar surface area (TPSA) is 149 Å². The Morgan fingerprint density at radius 2 is 1.90 bits per heavy atom. The van der Waals surface area contributed by atoms with Crippen LogP contribution in [-0.2, 0) is 14.3 Å². The molecule has 1 aliphatic heterocycles. The van der Waals surface area contributed by atoms with Gasteiger partial charge in [-0.3, -0.25) is 24.6 Å². The van der Waals surface area contributed by atoms with E-state index in [-0.39, 0.29) is 50.8 Å². The minimum absolute atomic E-state index is 0.00823. The minimum atomic E-state index is -1.25. The second kappa shape index (κ2) is 11.0. The fraction of sp³-hybridized carbons (Fsp3) is 0.259. The summed E-state index contributed by atoms with van der Waals surface area (Å²) in [5.41, 5.74) is 0.186. The molecule has 11 nitrogen and oxygen atoms in total. The van der Waals surface area contributed by atoms with E-state index in [1.165, 1.54) is 36.4 Å². The van der Waals surface area contributed by atoms with Crippen LogP contribution in [0.4, 0.5) is 10.8 Å². The smallest absolute Gasteiger partial charge is 0.350 e. The zero-order chi connectivity index (χ0) is 28.4. The van der Waals surface area contributed by atoms with Crippen LogP contribution in [0.5, 0.6) is 5.75 Å². The third-order valence-corrected chi connectivity index (χ3v) is 6.93. The number of amides is 1. The van der Waals surface area contributed by atoms with E-state index in [0.29, 0.717) is 5.75 Å². The van der Waals surface area contributed by atoms with Gasteiger partial charge in [0.1, 0.15) is 16.4 Å². The van der Waals surface area contributed by atoms with Crippen LogP contribution in [0.3, 0.4) is 0 Å². The lowest BCUT2D eigenvalue weighted by Gasteiger charge is -2.23. The Balaban J connectivity index is 1.89. The number of aliphatic hydroxyl groups excluding tert-OH is 1. The van der Waals surface area contributed by atoms with Crippen molar-refractivity contribution < 1.29 is 33.9 Å². The van der Waals surface area contributed by atoms with Crippen LogP contribution in [0.1, 0.15) is 53.3 Å². The van der Waals surface area contributed by atoms with Crippen molar-refractivity contribution in [3.05, 3.63) is 85.9 Å². The van der Waals surface area contributed by atoms with Gasteiger partial charge in [-0.1, -0.05) is 23.5 Å². The van der Waals surface area contributed by atoms with E-state index < -0.39 is 34.4 Å². The number of non-ortho nitro benzene ring substituents is 1. The van der Waals surface area contributed by atoms with Gasteiger partial charge in [0, 0.05) is 17.7 Å². The molecule has 1 saturated heterocycles. The zero-order valence-electron chi connectivity index (χ0n) is 21.5. The number of ether oxygens (including phenoxy) is 2. The molecule has 2 heterocycles. The van der Waals surface area contributed by atoms with Gasteiger partial charge in [0.25, 0.3) is 11.5 Å². The van der Waals surface area contributed by atoms with E-state index in [2.05, 4.69) is 4.98 Å². The molecule has 2 aromatic carbocycles. The molecule has 39 heavy (non-hydrogen) atoms. The van der Waals surface area contributed by atoms with Gasteiger partial charge < -0.3 is 14.6 Å². The number of hydrogen-bond donors (Lipinski definition) is 1. The van der Waals surface area contributed by atoms with Crippen LogP contribution >= 0.6 is 11.3 Å². The number of nitro benzene ring substituents is 1. The van der Waals surface area contributed by atoms with E-state index in [0.717, 1.165) is 16.2 Å². The van der Waals surface area contributed by atoms with Crippen molar-refractivity contribution in [1.29, 1.82) is 0 Å². The Hall–Kier alpha value is -4.58. The summed E-state index contributed by atoms with van der Waals surface area (Å²) in [5, 5.41) is 22.8. The molecule has 1 atom stereocenters. The minimum Gasteiger partial charge on any atom is -0.507 e. The first-order valence-electron chi connectivity index (χ1n) is 12.0. The van der Waals surface area contributed by atoms with Gasteiger partial charge in [0.2, 0.25) is 0 Å². The quantitative estimate of drug-likeness (QED) is 0.102. The number of carbonyl (C=O) groups is 3. The molecular weight excluding hydrogens is 526 g/mol.